The van der Waals surface area contributed by atoms with Crippen molar-refractivity contribution in [1.29, 1.82) is 0 Å². The highest BCUT2D eigenvalue weighted by molar-refractivity contribution is 7.99. The summed E-state index contributed by atoms with van der Waals surface area (Å²) < 4.78 is 0. The van der Waals surface area contributed by atoms with E-state index in [-0.39, 0.29) is 11.2 Å². The number of aromatic nitrogens is 2. The van der Waals surface area contributed by atoms with Crippen LogP contribution in [0.4, 0.5) is 5.69 Å². The second-order valence-electron chi connectivity index (χ2n) is 6.92. The molecule has 0 N–H and O–H groups in total. The van der Waals surface area contributed by atoms with Crippen molar-refractivity contribution < 1.29 is 4.79 Å². The third-order valence-electron chi connectivity index (χ3n) is 4.54. The average molecular weight is 353 g/mol. The zero-order chi connectivity index (χ0) is 18.2. The van der Waals surface area contributed by atoms with Gasteiger partial charge in [0.15, 0.2) is 10.9 Å². The molecule has 1 aliphatic rings. The maximum Gasteiger partial charge on any atom is 0.188 e. The van der Waals surface area contributed by atoms with E-state index in [0.717, 1.165) is 22.8 Å². The summed E-state index contributed by atoms with van der Waals surface area (Å²) in [5.41, 5.74) is 5.11. The lowest BCUT2D eigenvalue weighted by Crippen LogP contribution is -2.24. The molecular formula is C20H23N3OS. The maximum atomic E-state index is 12.5. The quantitative estimate of drug-likeness (QED) is 0.471. The Morgan fingerprint density at radius 2 is 1.84 bits per heavy atom. The van der Waals surface area contributed by atoms with Crippen LogP contribution in [0.25, 0.3) is 0 Å². The number of rotatable bonds is 4. The van der Waals surface area contributed by atoms with Crippen LogP contribution in [0.1, 0.15) is 30.8 Å². The third-order valence-corrected chi connectivity index (χ3v) is 5.41. The van der Waals surface area contributed by atoms with Crippen LogP contribution in [0.2, 0.25) is 0 Å². The molecule has 25 heavy (non-hydrogen) atoms. The summed E-state index contributed by atoms with van der Waals surface area (Å²) in [7, 11) is 2.02. The number of likely N-dealkylation sites (N-methyl/N-ethyl adjacent to an activating group) is 1. The molecular weight excluding hydrogens is 330 g/mol. The van der Waals surface area contributed by atoms with Gasteiger partial charge in [-0.3, -0.25) is 4.79 Å². The molecule has 0 bridgehead atoms. The zero-order valence-electron chi connectivity index (χ0n) is 15.3. The summed E-state index contributed by atoms with van der Waals surface area (Å²) in [6.45, 7) is 8.20. The lowest BCUT2D eigenvalue weighted by atomic mass is 9.83. The molecule has 1 aliphatic heterocycles. The number of fused-ring (bicyclic) bond motifs is 1. The number of ketones is 1. The Morgan fingerprint density at radius 3 is 2.48 bits per heavy atom. The monoisotopic (exact) mass is 353 g/mol. The van der Waals surface area contributed by atoms with Crippen LogP contribution >= 0.6 is 11.8 Å². The van der Waals surface area contributed by atoms with Crippen LogP contribution in [0.15, 0.2) is 47.3 Å². The number of allylic oxidation sites excluding steroid dienone is 2. The molecule has 0 fully saturated rings. The highest BCUT2D eigenvalue weighted by atomic mass is 32.2. The van der Waals surface area contributed by atoms with Gasteiger partial charge in [0, 0.05) is 41.3 Å². The Labute approximate surface area is 153 Å². The van der Waals surface area contributed by atoms with E-state index in [1.807, 2.05) is 39.1 Å². The fourth-order valence-corrected chi connectivity index (χ4v) is 4.12. The van der Waals surface area contributed by atoms with E-state index in [1.165, 1.54) is 17.3 Å². The molecule has 4 nitrogen and oxygen atoms in total. The maximum absolute atomic E-state index is 12.5. The third kappa shape index (κ3) is 3.47. The summed E-state index contributed by atoms with van der Waals surface area (Å²) in [6, 6.07) is 10.2. The first-order chi connectivity index (χ1) is 11.8. The van der Waals surface area contributed by atoms with E-state index in [0.29, 0.717) is 10.9 Å². The van der Waals surface area contributed by atoms with Crippen molar-refractivity contribution in [2.75, 3.05) is 17.7 Å². The minimum absolute atomic E-state index is 0.0792. The average Bonchev–Trinajstić information content (AvgIpc) is 2.74. The van der Waals surface area contributed by atoms with Crippen LogP contribution in [-0.4, -0.2) is 28.6 Å². The number of carbonyl (C=O) groups is 1. The molecule has 0 amide bonds. The van der Waals surface area contributed by atoms with E-state index in [1.54, 1.807) is 6.08 Å². The fourth-order valence-electron chi connectivity index (χ4n) is 3.35. The number of benzene rings is 1. The van der Waals surface area contributed by atoms with Gasteiger partial charge in [-0.1, -0.05) is 43.8 Å². The molecule has 0 saturated carbocycles. The molecule has 0 unspecified atom stereocenters. The number of anilines is 1. The van der Waals surface area contributed by atoms with Gasteiger partial charge in [0.05, 0.1) is 5.75 Å². The van der Waals surface area contributed by atoms with Crippen LogP contribution < -0.4 is 4.90 Å². The number of hydrogen-bond donors (Lipinski definition) is 0. The smallest absolute Gasteiger partial charge is 0.188 e. The topological polar surface area (TPSA) is 46.1 Å². The Balaban J connectivity index is 1.78. The number of hydrogen-bond acceptors (Lipinski definition) is 5. The van der Waals surface area contributed by atoms with Crippen molar-refractivity contribution in [3.8, 4) is 0 Å². The SMILES string of the molecule is Cc1cc(C)nc(SCC(=O)C=C2N(C)c3ccccc3C2(C)C)n1. The lowest BCUT2D eigenvalue weighted by molar-refractivity contribution is -0.112. The molecule has 2 aromatic rings. The number of para-hydroxylation sites is 1. The number of aryl methyl sites for hydroxylation is 2. The number of nitrogens with zero attached hydrogens (tertiary/aromatic N) is 3. The fraction of sp³-hybridized carbons (Fsp3) is 0.350. The molecule has 2 heterocycles. The summed E-state index contributed by atoms with van der Waals surface area (Å²) >= 11 is 1.39. The van der Waals surface area contributed by atoms with Gasteiger partial charge in [0.2, 0.25) is 0 Å². The Morgan fingerprint density at radius 1 is 1.20 bits per heavy atom. The largest absolute Gasteiger partial charge is 0.347 e. The van der Waals surface area contributed by atoms with E-state index in [4.69, 9.17) is 0 Å². The summed E-state index contributed by atoms with van der Waals surface area (Å²) in [5.74, 6) is 0.419. The summed E-state index contributed by atoms with van der Waals surface area (Å²) in [5, 5.41) is 0.659. The molecule has 0 aliphatic carbocycles. The molecule has 5 heteroatoms. The van der Waals surface area contributed by atoms with Gasteiger partial charge < -0.3 is 4.90 Å². The first-order valence-electron chi connectivity index (χ1n) is 8.32. The first-order valence-corrected chi connectivity index (χ1v) is 9.31. The van der Waals surface area contributed by atoms with Gasteiger partial charge in [-0.15, -0.1) is 0 Å². The molecule has 0 atom stereocenters. The minimum Gasteiger partial charge on any atom is -0.347 e. The van der Waals surface area contributed by atoms with Crippen LogP contribution in [0.3, 0.4) is 0 Å². The van der Waals surface area contributed by atoms with Crippen molar-refractivity contribution in [2.45, 2.75) is 38.3 Å². The van der Waals surface area contributed by atoms with Crippen molar-refractivity contribution in [3.63, 3.8) is 0 Å². The molecule has 1 aromatic carbocycles. The summed E-state index contributed by atoms with van der Waals surface area (Å²) in [6.07, 6.45) is 1.77. The summed E-state index contributed by atoms with van der Waals surface area (Å²) in [4.78, 5) is 23.4. The number of carbonyl (C=O) groups excluding carboxylic acids is 1. The number of thioether (sulfide) groups is 1. The van der Waals surface area contributed by atoms with Crippen molar-refractivity contribution in [2.24, 2.45) is 0 Å². The second kappa shape index (κ2) is 6.64. The second-order valence-corrected chi connectivity index (χ2v) is 7.86. The van der Waals surface area contributed by atoms with Gasteiger partial charge in [-0.25, -0.2) is 9.97 Å². The molecule has 0 saturated heterocycles. The predicted octanol–water partition coefficient (Wildman–Crippen LogP) is 4.07. The highest BCUT2D eigenvalue weighted by Gasteiger charge is 2.38. The van der Waals surface area contributed by atoms with Gasteiger partial charge in [-0.05, 0) is 31.5 Å². The lowest BCUT2D eigenvalue weighted by Gasteiger charge is -2.23. The molecule has 0 radical (unpaired) electrons. The van der Waals surface area contributed by atoms with Crippen molar-refractivity contribution in [3.05, 3.63) is 59.1 Å². The Kier molecular flexibility index (Phi) is 4.69. The van der Waals surface area contributed by atoms with E-state index in [9.17, 15) is 4.79 Å². The van der Waals surface area contributed by atoms with E-state index in [2.05, 4.69) is 40.8 Å². The normalized spacial score (nSPS) is 17.0. The zero-order valence-corrected chi connectivity index (χ0v) is 16.1. The van der Waals surface area contributed by atoms with Crippen LogP contribution in [0, 0.1) is 13.8 Å². The Bertz CT molecular complexity index is 838. The predicted molar refractivity (Wildman–Crippen MR) is 103 cm³/mol. The van der Waals surface area contributed by atoms with E-state index < -0.39 is 0 Å². The molecule has 1 aromatic heterocycles. The minimum atomic E-state index is -0.178. The highest BCUT2D eigenvalue weighted by Crippen LogP contribution is 2.46. The van der Waals surface area contributed by atoms with Gasteiger partial charge >= 0.3 is 0 Å². The molecule has 130 valence electrons. The van der Waals surface area contributed by atoms with Crippen molar-refractivity contribution in [1.82, 2.24) is 9.97 Å². The molecule has 3 rings (SSSR count). The van der Waals surface area contributed by atoms with Crippen molar-refractivity contribution >= 4 is 23.2 Å². The van der Waals surface area contributed by atoms with Gasteiger partial charge in [-0.2, -0.15) is 0 Å². The molecule has 0 spiro atoms. The van der Waals surface area contributed by atoms with Gasteiger partial charge in [0.25, 0.3) is 0 Å². The van der Waals surface area contributed by atoms with Crippen LogP contribution in [-0.2, 0) is 10.2 Å². The standard InChI is InChI=1S/C20H23N3OS/c1-13-10-14(2)22-19(21-13)25-12-15(24)11-18-20(3,4)16-8-6-7-9-17(16)23(18)5/h6-11H,12H2,1-5H3. The Hall–Kier alpha value is -2.14. The van der Waals surface area contributed by atoms with Crippen LogP contribution in [0.5, 0.6) is 0 Å². The van der Waals surface area contributed by atoms with E-state index >= 15 is 0 Å². The first kappa shape index (κ1) is 17.7. The van der Waals surface area contributed by atoms with Gasteiger partial charge in [0.1, 0.15) is 0 Å².